The molecule has 0 aromatic carbocycles. The molecular formula is C13H22N4O. The second kappa shape index (κ2) is 5.28. The van der Waals surface area contributed by atoms with Crippen molar-refractivity contribution in [2.45, 2.75) is 38.1 Å². The van der Waals surface area contributed by atoms with Gasteiger partial charge in [-0.2, -0.15) is 0 Å². The summed E-state index contributed by atoms with van der Waals surface area (Å²) in [6, 6.07) is 0. The normalized spacial score (nSPS) is 20.5. The first kappa shape index (κ1) is 12.0. The van der Waals surface area contributed by atoms with Crippen LogP contribution in [0.25, 0.3) is 0 Å². The fourth-order valence-corrected chi connectivity index (χ4v) is 3.02. The quantitative estimate of drug-likeness (QED) is 0.843. The molecule has 1 fully saturated rings. The molecule has 0 atom stereocenters. The number of imidazole rings is 1. The van der Waals surface area contributed by atoms with Gasteiger partial charge in [0.05, 0.1) is 5.69 Å². The van der Waals surface area contributed by atoms with E-state index in [1.54, 1.807) is 0 Å². The molecule has 2 aliphatic rings. The molecule has 1 aromatic heterocycles. The molecule has 2 aliphatic heterocycles. The molecule has 0 amide bonds. The molecule has 0 spiro atoms. The minimum absolute atomic E-state index is 0.556. The van der Waals surface area contributed by atoms with E-state index in [0.29, 0.717) is 12.5 Å². The van der Waals surface area contributed by atoms with E-state index < -0.39 is 0 Å². The Balaban J connectivity index is 1.93. The number of hydrogen-bond donors (Lipinski definition) is 2. The highest BCUT2D eigenvalue weighted by molar-refractivity contribution is 5.37. The van der Waals surface area contributed by atoms with Crippen molar-refractivity contribution < 1.29 is 4.74 Å². The average Bonchev–Trinajstić information content (AvgIpc) is 2.80. The van der Waals surface area contributed by atoms with Crippen LogP contribution in [0.4, 0.5) is 5.95 Å². The summed E-state index contributed by atoms with van der Waals surface area (Å²) in [7, 11) is 0. The standard InChI is InChI=1S/C13H22N4O/c14-5-2-11-12(10-3-8-18-9-4-10)16-13-15-6-1-7-17(11)13/h10H,1-9,14H2,(H,15,16). The van der Waals surface area contributed by atoms with Gasteiger partial charge in [0.2, 0.25) is 5.95 Å². The summed E-state index contributed by atoms with van der Waals surface area (Å²) in [5, 5.41) is 3.40. The topological polar surface area (TPSA) is 65.1 Å². The lowest BCUT2D eigenvalue weighted by Gasteiger charge is -2.22. The van der Waals surface area contributed by atoms with Gasteiger partial charge < -0.3 is 20.4 Å². The van der Waals surface area contributed by atoms with Gasteiger partial charge in [-0.15, -0.1) is 0 Å². The Bertz CT molecular complexity index is 409. The summed E-state index contributed by atoms with van der Waals surface area (Å²) in [5.74, 6) is 1.60. The summed E-state index contributed by atoms with van der Waals surface area (Å²) in [6.45, 7) is 4.53. The molecule has 0 saturated carbocycles. The van der Waals surface area contributed by atoms with E-state index in [9.17, 15) is 0 Å². The number of anilines is 1. The summed E-state index contributed by atoms with van der Waals surface area (Å²) in [6.07, 6.45) is 4.29. The van der Waals surface area contributed by atoms with E-state index >= 15 is 0 Å². The third-order valence-electron chi connectivity index (χ3n) is 3.93. The first-order valence-electron chi connectivity index (χ1n) is 7.01. The highest BCUT2D eigenvalue weighted by Crippen LogP contribution is 2.32. The lowest BCUT2D eigenvalue weighted by molar-refractivity contribution is 0.0844. The third kappa shape index (κ3) is 2.12. The van der Waals surface area contributed by atoms with Gasteiger partial charge in [0.1, 0.15) is 0 Å². The van der Waals surface area contributed by atoms with Crippen molar-refractivity contribution in [3.63, 3.8) is 0 Å². The van der Waals surface area contributed by atoms with Gasteiger partial charge in [-0.3, -0.25) is 0 Å². The van der Waals surface area contributed by atoms with Gasteiger partial charge in [0, 0.05) is 44.3 Å². The van der Waals surface area contributed by atoms with E-state index in [1.807, 2.05) is 0 Å². The molecule has 18 heavy (non-hydrogen) atoms. The van der Waals surface area contributed by atoms with Crippen molar-refractivity contribution in [2.75, 3.05) is 31.6 Å². The number of ether oxygens (including phenoxy) is 1. The molecule has 100 valence electrons. The van der Waals surface area contributed by atoms with E-state index in [0.717, 1.165) is 51.5 Å². The van der Waals surface area contributed by atoms with Crippen LogP contribution in [0.3, 0.4) is 0 Å². The van der Waals surface area contributed by atoms with Crippen LogP contribution in [0.5, 0.6) is 0 Å². The fraction of sp³-hybridized carbons (Fsp3) is 0.769. The smallest absolute Gasteiger partial charge is 0.203 e. The van der Waals surface area contributed by atoms with Crippen LogP contribution < -0.4 is 11.1 Å². The molecule has 3 rings (SSSR count). The van der Waals surface area contributed by atoms with Gasteiger partial charge >= 0.3 is 0 Å². The highest BCUT2D eigenvalue weighted by Gasteiger charge is 2.26. The molecular weight excluding hydrogens is 228 g/mol. The predicted octanol–water partition coefficient (Wildman–Crippen LogP) is 1.09. The Labute approximate surface area is 108 Å². The van der Waals surface area contributed by atoms with Crippen LogP contribution in [-0.2, 0) is 17.7 Å². The van der Waals surface area contributed by atoms with Crippen LogP contribution in [0.2, 0.25) is 0 Å². The summed E-state index contributed by atoms with van der Waals surface area (Å²) in [5.41, 5.74) is 8.39. The zero-order valence-corrected chi connectivity index (χ0v) is 10.8. The Morgan fingerprint density at radius 1 is 1.39 bits per heavy atom. The van der Waals surface area contributed by atoms with Crippen molar-refractivity contribution >= 4 is 5.95 Å². The highest BCUT2D eigenvalue weighted by atomic mass is 16.5. The number of nitrogens with one attached hydrogen (secondary N) is 1. The van der Waals surface area contributed by atoms with Gasteiger partial charge in [-0.05, 0) is 25.8 Å². The Morgan fingerprint density at radius 3 is 3.00 bits per heavy atom. The molecule has 0 radical (unpaired) electrons. The van der Waals surface area contributed by atoms with Crippen LogP contribution in [0.1, 0.15) is 36.6 Å². The molecule has 1 aromatic rings. The minimum Gasteiger partial charge on any atom is -0.381 e. The fourth-order valence-electron chi connectivity index (χ4n) is 3.02. The lowest BCUT2D eigenvalue weighted by atomic mass is 9.94. The molecule has 0 unspecified atom stereocenters. The Kier molecular flexibility index (Phi) is 3.52. The number of fused-ring (bicyclic) bond motifs is 1. The van der Waals surface area contributed by atoms with Gasteiger partial charge in [0.25, 0.3) is 0 Å². The van der Waals surface area contributed by atoms with Gasteiger partial charge in [-0.25, -0.2) is 4.98 Å². The first-order chi connectivity index (χ1) is 8.90. The summed E-state index contributed by atoms with van der Waals surface area (Å²) >= 11 is 0. The van der Waals surface area contributed by atoms with E-state index in [1.165, 1.54) is 17.8 Å². The lowest BCUT2D eigenvalue weighted by Crippen LogP contribution is -2.20. The van der Waals surface area contributed by atoms with Crippen LogP contribution in [0, 0.1) is 0 Å². The van der Waals surface area contributed by atoms with Crippen LogP contribution in [0.15, 0.2) is 0 Å². The average molecular weight is 250 g/mol. The number of nitrogens with two attached hydrogens (primary N) is 1. The maximum atomic E-state index is 5.77. The molecule has 5 nitrogen and oxygen atoms in total. The van der Waals surface area contributed by atoms with Crippen molar-refractivity contribution in [1.29, 1.82) is 0 Å². The Morgan fingerprint density at radius 2 is 2.22 bits per heavy atom. The number of hydrogen-bond acceptors (Lipinski definition) is 4. The SMILES string of the molecule is NCCc1c(C2CCOCC2)nc2n1CCCN2. The summed E-state index contributed by atoms with van der Waals surface area (Å²) < 4.78 is 7.78. The first-order valence-corrected chi connectivity index (χ1v) is 7.01. The molecule has 3 N–H and O–H groups in total. The maximum absolute atomic E-state index is 5.77. The predicted molar refractivity (Wildman–Crippen MR) is 70.9 cm³/mol. The molecule has 0 aliphatic carbocycles. The number of aromatic nitrogens is 2. The van der Waals surface area contributed by atoms with E-state index in [4.69, 9.17) is 15.5 Å². The van der Waals surface area contributed by atoms with E-state index in [-0.39, 0.29) is 0 Å². The van der Waals surface area contributed by atoms with Crippen LogP contribution in [-0.4, -0.2) is 35.9 Å². The van der Waals surface area contributed by atoms with Crippen molar-refractivity contribution in [3.8, 4) is 0 Å². The largest absolute Gasteiger partial charge is 0.381 e. The molecule has 5 heteroatoms. The van der Waals surface area contributed by atoms with Gasteiger partial charge in [0.15, 0.2) is 0 Å². The molecule has 3 heterocycles. The minimum atomic E-state index is 0.556. The zero-order chi connectivity index (χ0) is 12.4. The van der Waals surface area contributed by atoms with Gasteiger partial charge in [-0.1, -0.05) is 0 Å². The van der Waals surface area contributed by atoms with Crippen molar-refractivity contribution in [1.82, 2.24) is 9.55 Å². The second-order valence-corrected chi connectivity index (χ2v) is 5.12. The second-order valence-electron chi connectivity index (χ2n) is 5.12. The molecule has 0 bridgehead atoms. The number of nitrogens with zero attached hydrogens (tertiary/aromatic N) is 2. The number of rotatable bonds is 3. The zero-order valence-electron chi connectivity index (χ0n) is 10.8. The summed E-state index contributed by atoms with van der Waals surface area (Å²) in [4.78, 5) is 4.83. The van der Waals surface area contributed by atoms with Crippen molar-refractivity contribution in [3.05, 3.63) is 11.4 Å². The monoisotopic (exact) mass is 250 g/mol. The van der Waals surface area contributed by atoms with Crippen LogP contribution >= 0.6 is 0 Å². The third-order valence-corrected chi connectivity index (χ3v) is 3.93. The van der Waals surface area contributed by atoms with Crippen molar-refractivity contribution in [2.24, 2.45) is 5.73 Å². The van der Waals surface area contributed by atoms with E-state index in [2.05, 4.69) is 9.88 Å². The molecule has 1 saturated heterocycles. The Hall–Kier alpha value is -1.07. The maximum Gasteiger partial charge on any atom is 0.203 e.